The van der Waals surface area contributed by atoms with E-state index in [1.807, 2.05) is 13.0 Å². The monoisotopic (exact) mass is 366 g/mol. The van der Waals surface area contributed by atoms with Crippen molar-refractivity contribution in [1.29, 1.82) is 0 Å². The van der Waals surface area contributed by atoms with Gasteiger partial charge in [-0.3, -0.25) is 4.68 Å². The van der Waals surface area contributed by atoms with Crippen LogP contribution in [0.5, 0.6) is 0 Å². The van der Waals surface area contributed by atoms with Crippen molar-refractivity contribution in [3.63, 3.8) is 0 Å². The molecule has 2 aliphatic rings. The van der Waals surface area contributed by atoms with E-state index in [2.05, 4.69) is 28.7 Å². The lowest BCUT2D eigenvalue weighted by Gasteiger charge is -2.20. The van der Waals surface area contributed by atoms with Crippen molar-refractivity contribution in [1.82, 2.24) is 14.8 Å². The Kier molecular flexibility index (Phi) is 4.72. The lowest BCUT2D eigenvalue weighted by atomic mass is 10.1. The normalized spacial score (nSPS) is 20.4. The Labute approximate surface area is 159 Å². The van der Waals surface area contributed by atoms with Crippen LogP contribution >= 0.6 is 0 Å². The molecule has 1 aliphatic heterocycles. The highest BCUT2D eigenvalue weighted by Crippen LogP contribution is 2.46. The van der Waals surface area contributed by atoms with E-state index in [-0.39, 0.29) is 5.97 Å². The number of pyridine rings is 1. The number of esters is 1. The Hall–Kier alpha value is -2.63. The Bertz CT molecular complexity index is 863. The molecule has 6 heteroatoms. The third kappa shape index (κ3) is 3.48. The smallest absolute Gasteiger partial charge is 0.356 e. The van der Waals surface area contributed by atoms with E-state index in [1.54, 1.807) is 17.7 Å². The molecule has 0 bridgehead atoms. The largest absolute Gasteiger partial charge is 0.461 e. The number of hydrogen-bond acceptors (Lipinski definition) is 5. The SMILES string of the molecule is C=Cc1nc(N2CC3CC3C2)ccc1Cc1cc(C(=O)OCC)n(CC)n1. The zero-order chi connectivity index (χ0) is 19.0. The average Bonchev–Trinajstić information content (AvgIpc) is 3.10. The molecular weight excluding hydrogens is 340 g/mol. The molecule has 142 valence electrons. The minimum absolute atomic E-state index is 0.330. The third-order valence-corrected chi connectivity index (χ3v) is 5.48. The van der Waals surface area contributed by atoms with Crippen LogP contribution in [0.4, 0.5) is 5.82 Å². The number of carbonyl (C=O) groups excluding carboxylic acids is 1. The number of ether oxygens (including phenoxy) is 1. The molecule has 1 saturated heterocycles. The van der Waals surface area contributed by atoms with Crippen molar-refractivity contribution in [2.24, 2.45) is 11.8 Å². The van der Waals surface area contributed by atoms with E-state index in [0.717, 1.165) is 47.7 Å². The fourth-order valence-corrected chi connectivity index (χ4v) is 3.94. The van der Waals surface area contributed by atoms with E-state index in [0.29, 0.717) is 25.3 Å². The predicted molar refractivity (Wildman–Crippen MR) is 105 cm³/mol. The Morgan fingerprint density at radius 2 is 2.11 bits per heavy atom. The summed E-state index contributed by atoms with van der Waals surface area (Å²) in [4.78, 5) is 19.3. The van der Waals surface area contributed by atoms with Crippen LogP contribution in [0.3, 0.4) is 0 Å². The molecule has 1 saturated carbocycles. The number of aromatic nitrogens is 3. The lowest BCUT2D eigenvalue weighted by molar-refractivity contribution is 0.0512. The number of nitrogens with zero attached hydrogens (tertiary/aromatic N) is 4. The quantitative estimate of drug-likeness (QED) is 0.705. The van der Waals surface area contributed by atoms with E-state index in [4.69, 9.17) is 9.72 Å². The summed E-state index contributed by atoms with van der Waals surface area (Å²) in [7, 11) is 0. The van der Waals surface area contributed by atoms with Crippen LogP contribution in [0.25, 0.3) is 6.08 Å². The van der Waals surface area contributed by atoms with Gasteiger partial charge in [0.25, 0.3) is 0 Å². The Balaban J connectivity index is 1.55. The first-order valence-electron chi connectivity index (χ1n) is 9.74. The third-order valence-electron chi connectivity index (χ3n) is 5.48. The first-order chi connectivity index (χ1) is 13.1. The second-order valence-corrected chi connectivity index (χ2v) is 7.31. The molecule has 0 aromatic carbocycles. The summed E-state index contributed by atoms with van der Waals surface area (Å²) in [5.74, 6) is 2.45. The molecule has 27 heavy (non-hydrogen) atoms. The van der Waals surface area contributed by atoms with Crippen LogP contribution in [-0.2, 0) is 17.7 Å². The maximum Gasteiger partial charge on any atom is 0.356 e. The van der Waals surface area contributed by atoms with Crippen molar-refractivity contribution in [2.45, 2.75) is 33.2 Å². The maximum absolute atomic E-state index is 12.1. The van der Waals surface area contributed by atoms with Crippen LogP contribution in [0.2, 0.25) is 0 Å². The fraction of sp³-hybridized carbons (Fsp3) is 0.476. The van der Waals surface area contributed by atoms with Crippen LogP contribution in [0, 0.1) is 11.8 Å². The second kappa shape index (κ2) is 7.18. The molecule has 0 radical (unpaired) electrons. The summed E-state index contributed by atoms with van der Waals surface area (Å²) >= 11 is 0. The van der Waals surface area contributed by atoms with Crippen LogP contribution in [0.1, 0.15) is 47.7 Å². The van der Waals surface area contributed by atoms with E-state index in [1.165, 1.54) is 6.42 Å². The number of fused-ring (bicyclic) bond motifs is 1. The van der Waals surface area contributed by atoms with Crippen molar-refractivity contribution in [3.05, 3.63) is 47.4 Å². The summed E-state index contributed by atoms with van der Waals surface area (Å²) in [6.07, 6.45) is 3.80. The molecule has 2 unspecified atom stereocenters. The average molecular weight is 366 g/mol. The molecule has 2 aromatic rings. The molecule has 2 atom stereocenters. The van der Waals surface area contributed by atoms with Crippen molar-refractivity contribution in [3.8, 4) is 0 Å². The topological polar surface area (TPSA) is 60.3 Å². The second-order valence-electron chi connectivity index (χ2n) is 7.31. The maximum atomic E-state index is 12.1. The van der Waals surface area contributed by atoms with Gasteiger partial charge in [-0.1, -0.05) is 12.6 Å². The fourth-order valence-electron chi connectivity index (χ4n) is 3.94. The van der Waals surface area contributed by atoms with Gasteiger partial charge in [0.2, 0.25) is 0 Å². The van der Waals surface area contributed by atoms with Crippen molar-refractivity contribution in [2.75, 3.05) is 24.6 Å². The van der Waals surface area contributed by atoms with Crippen molar-refractivity contribution < 1.29 is 9.53 Å². The molecule has 4 rings (SSSR count). The van der Waals surface area contributed by atoms with Gasteiger partial charge in [0.15, 0.2) is 0 Å². The Morgan fingerprint density at radius 3 is 2.78 bits per heavy atom. The van der Waals surface area contributed by atoms with Gasteiger partial charge in [-0.25, -0.2) is 9.78 Å². The van der Waals surface area contributed by atoms with Gasteiger partial charge in [0, 0.05) is 26.1 Å². The van der Waals surface area contributed by atoms with Gasteiger partial charge in [-0.15, -0.1) is 0 Å². The van der Waals surface area contributed by atoms with E-state index < -0.39 is 0 Å². The number of rotatable bonds is 7. The van der Waals surface area contributed by atoms with Gasteiger partial charge in [0.1, 0.15) is 11.5 Å². The van der Waals surface area contributed by atoms with E-state index in [9.17, 15) is 4.79 Å². The molecule has 2 aromatic heterocycles. The first kappa shape index (κ1) is 17.8. The molecule has 0 amide bonds. The number of hydrogen-bond donors (Lipinski definition) is 0. The summed E-state index contributed by atoms with van der Waals surface area (Å²) in [5.41, 5.74) is 3.28. The van der Waals surface area contributed by atoms with Crippen LogP contribution < -0.4 is 4.90 Å². The van der Waals surface area contributed by atoms with Crippen LogP contribution in [-0.4, -0.2) is 40.4 Å². The molecule has 2 fully saturated rings. The summed E-state index contributed by atoms with van der Waals surface area (Å²) in [5, 5.41) is 4.56. The van der Waals surface area contributed by atoms with Gasteiger partial charge < -0.3 is 9.64 Å². The summed E-state index contributed by atoms with van der Waals surface area (Å²) < 4.78 is 6.82. The van der Waals surface area contributed by atoms with Crippen molar-refractivity contribution >= 4 is 17.9 Å². The predicted octanol–water partition coefficient (Wildman–Crippen LogP) is 3.16. The zero-order valence-electron chi connectivity index (χ0n) is 16.0. The van der Waals surface area contributed by atoms with E-state index >= 15 is 0 Å². The molecule has 0 N–H and O–H groups in total. The highest BCUT2D eigenvalue weighted by molar-refractivity contribution is 5.87. The zero-order valence-corrected chi connectivity index (χ0v) is 16.0. The summed E-state index contributed by atoms with van der Waals surface area (Å²) in [6.45, 7) is 10.9. The number of piperidine rings is 1. The standard InChI is InChI=1S/C21H26N4O2/c1-4-18-14(7-8-20(22-18)24-12-15-9-16(15)13-24)10-17-11-19(21(26)27-6-3)25(5-2)23-17/h4,7-8,11,15-16H,1,5-6,9-10,12-13H2,2-3H3. The van der Waals surface area contributed by atoms with Crippen LogP contribution in [0.15, 0.2) is 24.8 Å². The van der Waals surface area contributed by atoms with Gasteiger partial charge in [-0.05, 0) is 55.9 Å². The Morgan fingerprint density at radius 1 is 1.33 bits per heavy atom. The molecular formula is C21H26N4O2. The number of anilines is 1. The molecule has 1 aliphatic carbocycles. The molecule has 6 nitrogen and oxygen atoms in total. The van der Waals surface area contributed by atoms with Gasteiger partial charge in [0.05, 0.1) is 18.0 Å². The highest BCUT2D eigenvalue weighted by atomic mass is 16.5. The number of carbonyl (C=O) groups is 1. The molecule has 0 spiro atoms. The first-order valence-corrected chi connectivity index (χ1v) is 9.74. The minimum atomic E-state index is -0.330. The number of aryl methyl sites for hydroxylation is 1. The minimum Gasteiger partial charge on any atom is -0.461 e. The molecule has 3 heterocycles. The highest BCUT2D eigenvalue weighted by Gasteiger charge is 2.45. The lowest BCUT2D eigenvalue weighted by Crippen LogP contribution is -2.23. The van der Waals surface area contributed by atoms with Gasteiger partial charge >= 0.3 is 5.97 Å². The van der Waals surface area contributed by atoms with Gasteiger partial charge in [-0.2, -0.15) is 5.10 Å². The summed E-state index contributed by atoms with van der Waals surface area (Å²) in [6, 6.07) is 6.02.